The van der Waals surface area contributed by atoms with Crippen molar-refractivity contribution in [2.75, 3.05) is 44.7 Å². The Kier molecular flexibility index (Phi) is 5.21. The number of rotatable bonds is 4. The molecule has 2 saturated heterocycles. The minimum Gasteiger partial charge on any atom is -0.379 e. The highest BCUT2D eigenvalue weighted by molar-refractivity contribution is 7.86. The number of morpholine rings is 1. The molecule has 0 aliphatic carbocycles. The Morgan fingerprint density at radius 3 is 2.78 bits per heavy atom. The molecule has 23 heavy (non-hydrogen) atoms. The van der Waals surface area contributed by atoms with Crippen LogP contribution in [0.25, 0.3) is 0 Å². The molecule has 1 aromatic heterocycles. The maximum absolute atomic E-state index is 12.7. The van der Waals surface area contributed by atoms with Gasteiger partial charge in [-0.15, -0.1) is 10.2 Å². The average molecular weight is 361 g/mol. The van der Waals surface area contributed by atoms with E-state index in [2.05, 4.69) is 15.5 Å². The Morgan fingerprint density at radius 1 is 1.30 bits per heavy atom. The molecule has 2 aliphatic heterocycles. The smallest absolute Gasteiger partial charge is 0.282 e. The Hall–Kier alpha value is -1.14. The third kappa shape index (κ3) is 3.86. The molecule has 1 atom stereocenters. The zero-order chi connectivity index (χ0) is 16.3. The summed E-state index contributed by atoms with van der Waals surface area (Å²) >= 11 is 1.24. The van der Waals surface area contributed by atoms with Gasteiger partial charge in [0.1, 0.15) is 5.51 Å². The first kappa shape index (κ1) is 16.7. The van der Waals surface area contributed by atoms with E-state index in [1.807, 2.05) is 0 Å². The van der Waals surface area contributed by atoms with Crippen molar-refractivity contribution in [2.24, 2.45) is 5.92 Å². The Balaban J connectivity index is 1.64. The van der Waals surface area contributed by atoms with Gasteiger partial charge >= 0.3 is 0 Å². The summed E-state index contributed by atoms with van der Waals surface area (Å²) in [5.74, 6) is -0.577. The van der Waals surface area contributed by atoms with Crippen LogP contribution in [0.5, 0.6) is 0 Å². The van der Waals surface area contributed by atoms with Crippen molar-refractivity contribution in [3.8, 4) is 0 Å². The standard InChI is InChI=1S/C12H19N5O4S2/c18-11(14-12-15-13-9-22-12)10-2-1-3-17(8-10)23(19,20)16-4-6-21-7-5-16/h9-10H,1-8H2,(H,14,15,18)/t10-/m0/s1. The van der Waals surface area contributed by atoms with E-state index in [0.717, 1.165) is 0 Å². The fourth-order valence-electron chi connectivity index (χ4n) is 2.74. The van der Waals surface area contributed by atoms with E-state index in [1.54, 1.807) is 0 Å². The van der Waals surface area contributed by atoms with Gasteiger partial charge in [-0.05, 0) is 12.8 Å². The molecule has 9 nitrogen and oxygen atoms in total. The molecule has 0 saturated carbocycles. The molecule has 1 N–H and O–H groups in total. The molecule has 0 spiro atoms. The number of carbonyl (C=O) groups is 1. The highest BCUT2D eigenvalue weighted by atomic mass is 32.2. The lowest BCUT2D eigenvalue weighted by molar-refractivity contribution is -0.120. The highest BCUT2D eigenvalue weighted by Gasteiger charge is 2.36. The van der Waals surface area contributed by atoms with Crippen LogP contribution < -0.4 is 5.32 Å². The molecule has 0 radical (unpaired) electrons. The molecular weight excluding hydrogens is 342 g/mol. The normalized spacial score (nSPS) is 24.4. The second kappa shape index (κ2) is 7.18. The molecule has 128 valence electrons. The summed E-state index contributed by atoms with van der Waals surface area (Å²) in [6.45, 7) is 2.19. The van der Waals surface area contributed by atoms with E-state index in [9.17, 15) is 13.2 Å². The largest absolute Gasteiger partial charge is 0.379 e. The lowest BCUT2D eigenvalue weighted by Gasteiger charge is -2.36. The van der Waals surface area contributed by atoms with Crippen molar-refractivity contribution in [2.45, 2.75) is 12.8 Å². The SMILES string of the molecule is O=C(Nc1nncs1)[C@H]1CCCN(S(=O)(=O)N2CCOCC2)C1. The van der Waals surface area contributed by atoms with E-state index in [0.29, 0.717) is 50.8 Å². The van der Waals surface area contributed by atoms with E-state index in [1.165, 1.54) is 25.5 Å². The number of carbonyl (C=O) groups excluding carboxylic acids is 1. The van der Waals surface area contributed by atoms with Crippen LogP contribution in [-0.4, -0.2) is 72.5 Å². The van der Waals surface area contributed by atoms with Gasteiger partial charge in [0.05, 0.1) is 19.1 Å². The molecule has 0 unspecified atom stereocenters. The van der Waals surface area contributed by atoms with Gasteiger partial charge in [0, 0.05) is 26.2 Å². The van der Waals surface area contributed by atoms with Crippen LogP contribution >= 0.6 is 11.3 Å². The van der Waals surface area contributed by atoms with Crippen LogP contribution in [0.3, 0.4) is 0 Å². The predicted molar refractivity (Wildman–Crippen MR) is 84.1 cm³/mol. The van der Waals surface area contributed by atoms with Crippen molar-refractivity contribution in [1.29, 1.82) is 0 Å². The van der Waals surface area contributed by atoms with Gasteiger partial charge in [-0.3, -0.25) is 4.79 Å². The first-order chi connectivity index (χ1) is 11.1. The minimum absolute atomic E-state index is 0.199. The molecule has 1 amide bonds. The van der Waals surface area contributed by atoms with Crippen LogP contribution in [0.15, 0.2) is 5.51 Å². The van der Waals surface area contributed by atoms with Gasteiger partial charge in [0.15, 0.2) is 0 Å². The van der Waals surface area contributed by atoms with Gasteiger partial charge in [-0.2, -0.15) is 17.0 Å². The zero-order valence-corrected chi connectivity index (χ0v) is 14.2. The molecule has 3 heterocycles. The van der Waals surface area contributed by atoms with Crippen molar-refractivity contribution in [1.82, 2.24) is 18.8 Å². The van der Waals surface area contributed by atoms with Crippen LogP contribution in [0.4, 0.5) is 5.13 Å². The summed E-state index contributed by atoms with van der Waals surface area (Å²) in [4.78, 5) is 12.3. The predicted octanol–water partition coefficient (Wildman–Crippen LogP) is -0.234. The van der Waals surface area contributed by atoms with Crippen molar-refractivity contribution in [3.63, 3.8) is 0 Å². The second-order valence-electron chi connectivity index (χ2n) is 5.45. The molecular formula is C12H19N5O4S2. The van der Waals surface area contributed by atoms with Crippen LogP contribution in [0.2, 0.25) is 0 Å². The lowest BCUT2D eigenvalue weighted by atomic mass is 9.99. The lowest BCUT2D eigenvalue weighted by Crippen LogP contribution is -2.52. The number of piperidine rings is 1. The fraction of sp³-hybridized carbons (Fsp3) is 0.750. The van der Waals surface area contributed by atoms with Gasteiger partial charge in [-0.25, -0.2) is 0 Å². The summed E-state index contributed by atoms with van der Waals surface area (Å²) in [5.41, 5.74) is 1.53. The fourth-order valence-corrected chi connectivity index (χ4v) is 4.85. The second-order valence-corrected chi connectivity index (χ2v) is 8.21. The summed E-state index contributed by atoms with van der Waals surface area (Å²) < 4.78 is 33.4. The van der Waals surface area contributed by atoms with Gasteiger partial charge < -0.3 is 10.1 Å². The van der Waals surface area contributed by atoms with Gasteiger partial charge in [-0.1, -0.05) is 11.3 Å². The third-order valence-electron chi connectivity index (χ3n) is 3.97. The Labute approximate surface area is 138 Å². The monoisotopic (exact) mass is 361 g/mol. The van der Waals surface area contributed by atoms with Crippen LogP contribution in [-0.2, 0) is 19.7 Å². The number of nitrogens with zero attached hydrogens (tertiary/aromatic N) is 4. The van der Waals surface area contributed by atoms with Crippen LogP contribution in [0, 0.1) is 5.92 Å². The van der Waals surface area contributed by atoms with E-state index < -0.39 is 10.2 Å². The van der Waals surface area contributed by atoms with Crippen molar-refractivity contribution >= 4 is 32.6 Å². The molecule has 1 aromatic rings. The van der Waals surface area contributed by atoms with Crippen molar-refractivity contribution < 1.29 is 17.9 Å². The van der Waals surface area contributed by atoms with E-state index >= 15 is 0 Å². The molecule has 3 rings (SSSR count). The molecule has 2 fully saturated rings. The number of hydrogen-bond acceptors (Lipinski definition) is 7. The number of amides is 1. The summed E-state index contributed by atoms with van der Waals surface area (Å²) in [6, 6.07) is 0. The van der Waals surface area contributed by atoms with Gasteiger partial charge in [0.2, 0.25) is 11.0 Å². The first-order valence-corrected chi connectivity index (χ1v) is 9.75. The highest BCUT2D eigenvalue weighted by Crippen LogP contribution is 2.23. The summed E-state index contributed by atoms with van der Waals surface area (Å²) in [5, 5.41) is 10.6. The van der Waals surface area contributed by atoms with Crippen LogP contribution in [0.1, 0.15) is 12.8 Å². The van der Waals surface area contributed by atoms with E-state index in [-0.39, 0.29) is 18.4 Å². The maximum atomic E-state index is 12.7. The van der Waals surface area contributed by atoms with E-state index in [4.69, 9.17) is 4.74 Å². The quantitative estimate of drug-likeness (QED) is 0.794. The van der Waals surface area contributed by atoms with Gasteiger partial charge in [0.25, 0.3) is 10.2 Å². The maximum Gasteiger partial charge on any atom is 0.282 e. The third-order valence-corrected chi connectivity index (χ3v) is 6.58. The number of hydrogen-bond donors (Lipinski definition) is 1. The number of anilines is 1. The average Bonchev–Trinajstić information content (AvgIpc) is 3.09. The summed E-state index contributed by atoms with van der Waals surface area (Å²) in [7, 11) is -3.53. The Morgan fingerprint density at radius 2 is 2.09 bits per heavy atom. The number of nitrogens with one attached hydrogen (secondary N) is 1. The number of aromatic nitrogens is 2. The number of ether oxygens (including phenoxy) is 1. The first-order valence-electron chi connectivity index (χ1n) is 7.47. The molecule has 2 aliphatic rings. The minimum atomic E-state index is -3.53. The molecule has 0 bridgehead atoms. The Bertz CT molecular complexity index is 630. The van der Waals surface area contributed by atoms with Crippen molar-refractivity contribution in [3.05, 3.63) is 5.51 Å². The topological polar surface area (TPSA) is 105 Å². The summed E-state index contributed by atoms with van der Waals surface area (Å²) in [6.07, 6.45) is 1.33. The molecule has 11 heteroatoms. The molecule has 0 aromatic carbocycles. The zero-order valence-electron chi connectivity index (χ0n) is 12.5.